The van der Waals surface area contributed by atoms with Crippen LogP contribution in [0.25, 0.3) is 11.3 Å². The molecule has 7 nitrogen and oxygen atoms in total. The van der Waals surface area contributed by atoms with E-state index in [4.69, 9.17) is 16.3 Å². The Morgan fingerprint density at radius 3 is 2.79 bits per heavy atom. The minimum atomic E-state index is -3.20. The van der Waals surface area contributed by atoms with E-state index < -0.39 is 18.5 Å². The number of pyridine rings is 1. The van der Waals surface area contributed by atoms with Gasteiger partial charge in [0.1, 0.15) is 10.6 Å². The fourth-order valence-electron chi connectivity index (χ4n) is 2.11. The van der Waals surface area contributed by atoms with Crippen LogP contribution >= 0.6 is 11.6 Å². The van der Waals surface area contributed by atoms with Gasteiger partial charge in [0.25, 0.3) is 0 Å². The molecule has 130 valence electrons. The standard InChI is InChI=1S/C14H14ClF2N3O4/c1-3-19-11(9(15)10(18-19)13(21)23-4-2)8-6-5-7-20(22)12(8)24-14(16)17/h5-7,14H,3-4H2,1-2H3. The average Bonchev–Trinajstić information content (AvgIpc) is 2.86. The number of carbonyl (C=O) groups is 1. The van der Waals surface area contributed by atoms with Gasteiger partial charge < -0.3 is 14.7 Å². The number of nitrogens with zero attached hydrogens (tertiary/aromatic N) is 3. The molecule has 0 amide bonds. The Kier molecular flexibility index (Phi) is 5.55. The van der Waals surface area contributed by atoms with E-state index in [9.17, 15) is 18.8 Å². The lowest BCUT2D eigenvalue weighted by atomic mass is 10.2. The fraction of sp³-hybridized carbons (Fsp3) is 0.357. The van der Waals surface area contributed by atoms with E-state index in [1.54, 1.807) is 13.8 Å². The predicted molar refractivity (Wildman–Crippen MR) is 79.9 cm³/mol. The molecule has 24 heavy (non-hydrogen) atoms. The van der Waals surface area contributed by atoms with Crippen molar-refractivity contribution in [2.45, 2.75) is 27.0 Å². The maximum Gasteiger partial charge on any atom is 0.393 e. The van der Waals surface area contributed by atoms with E-state index in [1.165, 1.54) is 16.8 Å². The molecule has 0 fully saturated rings. The monoisotopic (exact) mass is 361 g/mol. The highest BCUT2D eigenvalue weighted by Crippen LogP contribution is 2.35. The van der Waals surface area contributed by atoms with Crippen LogP contribution in [0.1, 0.15) is 24.3 Å². The lowest BCUT2D eigenvalue weighted by Crippen LogP contribution is -2.30. The second-order valence-electron chi connectivity index (χ2n) is 4.48. The Labute approximate surface area is 140 Å². The second kappa shape index (κ2) is 7.43. The summed E-state index contributed by atoms with van der Waals surface area (Å²) in [6.07, 6.45) is 1.01. The number of ether oxygens (including phenoxy) is 2. The van der Waals surface area contributed by atoms with Gasteiger partial charge in [-0.3, -0.25) is 4.68 Å². The predicted octanol–water partition coefficient (Wildman–Crippen LogP) is 2.63. The summed E-state index contributed by atoms with van der Waals surface area (Å²) in [5.74, 6) is -1.39. The molecule has 2 rings (SSSR count). The van der Waals surface area contributed by atoms with Crippen molar-refractivity contribution in [3.05, 3.63) is 34.3 Å². The van der Waals surface area contributed by atoms with E-state index in [0.29, 0.717) is 0 Å². The van der Waals surface area contributed by atoms with Crippen molar-refractivity contribution in [2.24, 2.45) is 0 Å². The van der Waals surface area contributed by atoms with Crippen LogP contribution in [0.5, 0.6) is 5.88 Å². The molecule has 0 radical (unpaired) electrons. The molecule has 0 aliphatic carbocycles. The van der Waals surface area contributed by atoms with Gasteiger partial charge in [-0.15, -0.1) is 4.73 Å². The highest BCUT2D eigenvalue weighted by molar-refractivity contribution is 6.35. The Balaban J connectivity index is 2.65. The van der Waals surface area contributed by atoms with Crippen molar-refractivity contribution >= 4 is 17.6 Å². The normalized spacial score (nSPS) is 10.9. The van der Waals surface area contributed by atoms with Gasteiger partial charge in [0.15, 0.2) is 11.9 Å². The Morgan fingerprint density at radius 2 is 2.21 bits per heavy atom. The van der Waals surface area contributed by atoms with E-state index >= 15 is 0 Å². The van der Waals surface area contributed by atoms with Crippen LogP contribution in [-0.2, 0) is 11.3 Å². The smallest absolute Gasteiger partial charge is 0.393 e. The number of aryl methyl sites for hydroxylation is 1. The van der Waals surface area contributed by atoms with Gasteiger partial charge in [0.05, 0.1) is 12.3 Å². The lowest BCUT2D eigenvalue weighted by molar-refractivity contribution is -0.615. The molecule has 0 N–H and O–H groups in total. The van der Waals surface area contributed by atoms with Gasteiger partial charge in [0, 0.05) is 12.6 Å². The molecule has 0 aromatic carbocycles. The minimum absolute atomic E-state index is 0.0114. The Hall–Kier alpha value is -2.42. The van der Waals surface area contributed by atoms with Gasteiger partial charge in [-0.05, 0) is 19.9 Å². The average molecular weight is 362 g/mol. The van der Waals surface area contributed by atoms with Crippen molar-refractivity contribution in [2.75, 3.05) is 6.61 Å². The van der Waals surface area contributed by atoms with Crippen molar-refractivity contribution in [1.82, 2.24) is 9.78 Å². The topological polar surface area (TPSA) is 80.3 Å². The first kappa shape index (κ1) is 17.9. The van der Waals surface area contributed by atoms with Crippen molar-refractivity contribution in [3.63, 3.8) is 0 Å². The summed E-state index contributed by atoms with van der Waals surface area (Å²) >= 11 is 6.20. The van der Waals surface area contributed by atoms with Gasteiger partial charge in [-0.1, -0.05) is 11.6 Å². The molecule has 0 atom stereocenters. The highest BCUT2D eigenvalue weighted by Gasteiger charge is 2.29. The van der Waals surface area contributed by atoms with Crippen molar-refractivity contribution in [1.29, 1.82) is 0 Å². The van der Waals surface area contributed by atoms with Crippen LogP contribution in [-0.4, -0.2) is 29.0 Å². The number of hydrogen-bond acceptors (Lipinski definition) is 5. The van der Waals surface area contributed by atoms with Gasteiger partial charge in [0.2, 0.25) is 0 Å². The van der Waals surface area contributed by atoms with Crippen LogP contribution < -0.4 is 9.47 Å². The summed E-state index contributed by atoms with van der Waals surface area (Å²) in [4.78, 5) is 11.9. The zero-order chi connectivity index (χ0) is 17.9. The van der Waals surface area contributed by atoms with Gasteiger partial charge in [-0.25, -0.2) is 4.79 Å². The molecule has 0 aliphatic rings. The zero-order valence-corrected chi connectivity index (χ0v) is 13.6. The number of alkyl halides is 2. The number of rotatable bonds is 6. The first-order valence-electron chi connectivity index (χ1n) is 7.01. The summed E-state index contributed by atoms with van der Waals surface area (Å²) in [6.45, 7) is 0.526. The molecular weight excluding hydrogens is 348 g/mol. The maximum atomic E-state index is 12.6. The number of halogens is 3. The van der Waals surface area contributed by atoms with Gasteiger partial charge in [-0.2, -0.15) is 13.9 Å². The molecule has 2 aromatic rings. The van der Waals surface area contributed by atoms with Crippen LogP contribution in [0, 0.1) is 5.21 Å². The maximum absolute atomic E-state index is 12.6. The number of esters is 1. The summed E-state index contributed by atoms with van der Waals surface area (Å²) in [6, 6.07) is 2.71. The van der Waals surface area contributed by atoms with Gasteiger partial charge >= 0.3 is 18.5 Å². The summed E-state index contributed by atoms with van der Waals surface area (Å²) in [7, 11) is 0. The minimum Gasteiger partial charge on any atom is -0.616 e. The first-order valence-corrected chi connectivity index (χ1v) is 7.39. The van der Waals surface area contributed by atoms with Crippen LogP contribution in [0.3, 0.4) is 0 Å². The molecule has 2 heterocycles. The quantitative estimate of drug-likeness (QED) is 0.449. The Morgan fingerprint density at radius 1 is 1.50 bits per heavy atom. The molecule has 0 aliphatic heterocycles. The molecular formula is C14H14ClF2N3O4. The molecule has 2 aromatic heterocycles. The molecule has 0 unspecified atom stereocenters. The zero-order valence-electron chi connectivity index (χ0n) is 12.8. The SMILES string of the molecule is CCOC(=O)c1nn(CC)c(-c2ccc[n+]([O-])c2OC(F)F)c1Cl. The summed E-state index contributed by atoms with van der Waals surface area (Å²) in [5, 5.41) is 15.7. The Bertz CT molecular complexity index is 752. The number of carbonyl (C=O) groups excluding carboxylic acids is 1. The molecule has 0 saturated carbocycles. The number of aromatic nitrogens is 3. The van der Waals surface area contributed by atoms with Crippen LogP contribution in [0.2, 0.25) is 5.02 Å². The third kappa shape index (κ3) is 3.40. The lowest BCUT2D eigenvalue weighted by Gasteiger charge is -2.11. The summed E-state index contributed by atoms with van der Waals surface area (Å²) in [5.41, 5.74) is -0.0644. The third-order valence-electron chi connectivity index (χ3n) is 3.03. The molecule has 0 bridgehead atoms. The fourth-order valence-corrected chi connectivity index (χ4v) is 2.43. The first-order chi connectivity index (χ1) is 11.4. The summed E-state index contributed by atoms with van der Waals surface area (Å²) < 4.78 is 35.8. The van der Waals surface area contributed by atoms with E-state index in [0.717, 1.165) is 6.20 Å². The van der Waals surface area contributed by atoms with Crippen molar-refractivity contribution in [3.8, 4) is 17.1 Å². The molecule has 10 heteroatoms. The number of hydrogen-bond donors (Lipinski definition) is 0. The third-order valence-corrected chi connectivity index (χ3v) is 3.39. The molecule has 0 saturated heterocycles. The second-order valence-corrected chi connectivity index (χ2v) is 4.86. The van der Waals surface area contributed by atoms with E-state index in [1.807, 2.05) is 0 Å². The van der Waals surface area contributed by atoms with Crippen molar-refractivity contribution < 1.29 is 27.8 Å². The van der Waals surface area contributed by atoms with E-state index in [2.05, 4.69) is 9.84 Å². The molecule has 0 spiro atoms. The largest absolute Gasteiger partial charge is 0.616 e. The van der Waals surface area contributed by atoms with Crippen LogP contribution in [0.15, 0.2) is 18.3 Å². The van der Waals surface area contributed by atoms with Crippen LogP contribution in [0.4, 0.5) is 8.78 Å². The highest BCUT2D eigenvalue weighted by atomic mass is 35.5. The van der Waals surface area contributed by atoms with E-state index in [-0.39, 0.29) is 39.9 Å².